The van der Waals surface area contributed by atoms with Gasteiger partial charge in [0.05, 0.1) is 31.5 Å². The number of hydrogen-bond acceptors (Lipinski definition) is 8. The molecule has 40 heavy (non-hydrogen) atoms. The molecule has 12 nitrogen and oxygen atoms in total. The number of aromatic nitrogens is 6. The maximum absolute atomic E-state index is 12.4. The molecule has 2 amide bonds. The quantitative estimate of drug-likeness (QED) is 0.101. The molecule has 0 aliphatic carbocycles. The van der Waals surface area contributed by atoms with Gasteiger partial charge in [-0.25, -0.2) is 14.8 Å². The van der Waals surface area contributed by atoms with Gasteiger partial charge in [0.2, 0.25) is 5.91 Å². The Bertz CT molecular complexity index is 1360. The van der Waals surface area contributed by atoms with Gasteiger partial charge in [-0.15, -0.1) is 10.2 Å². The molecule has 2 aromatic carbocycles. The molecule has 4 rings (SSSR count). The van der Waals surface area contributed by atoms with Crippen molar-refractivity contribution in [2.24, 2.45) is 0 Å². The fourth-order valence-electron chi connectivity index (χ4n) is 4.15. The minimum Gasteiger partial charge on any atom is -0.379 e. The van der Waals surface area contributed by atoms with Gasteiger partial charge < -0.3 is 10.6 Å². The molecule has 2 heterocycles. The standard InChI is InChI=1S/C28H35N9O3/c1-21-17-36(34-31-21)18-22-7-9-23(10-8-22)19-37-20-26(32-35-37)16-30-25-13-11-24(12-14-25)28(39)29-15-5-3-2-4-6-27(38)33-40/h7-14,17,20,30,40H,2-6,15-16,18-19H2,1H3,(H,29,39)(H,33,38). The summed E-state index contributed by atoms with van der Waals surface area (Å²) in [5.74, 6) is -0.485. The highest BCUT2D eigenvalue weighted by molar-refractivity contribution is 5.94. The molecule has 0 spiro atoms. The number of anilines is 1. The van der Waals surface area contributed by atoms with Crippen molar-refractivity contribution < 1.29 is 14.8 Å². The lowest BCUT2D eigenvalue weighted by Gasteiger charge is -2.07. The van der Waals surface area contributed by atoms with Crippen LogP contribution in [-0.4, -0.2) is 53.6 Å². The molecule has 4 aromatic rings. The van der Waals surface area contributed by atoms with Crippen molar-refractivity contribution in [3.63, 3.8) is 0 Å². The topological polar surface area (TPSA) is 152 Å². The zero-order chi connectivity index (χ0) is 28.2. The third kappa shape index (κ3) is 9.02. The highest BCUT2D eigenvalue weighted by atomic mass is 16.5. The summed E-state index contributed by atoms with van der Waals surface area (Å²) < 4.78 is 3.63. The van der Waals surface area contributed by atoms with Gasteiger partial charge in [0.1, 0.15) is 5.69 Å². The summed E-state index contributed by atoms with van der Waals surface area (Å²) in [5.41, 5.74) is 7.11. The summed E-state index contributed by atoms with van der Waals surface area (Å²) in [6.45, 7) is 4.32. The molecule has 0 atom stereocenters. The first-order chi connectivity index (χ1) is 19.5. The van der Waals surface area contributed by atoms with E-state index in [1.54, 1.807) is 17.6 Å². The predicted molar refractivity (Wildman–Crippen MR) is 149 cm³/mol. The van der Waals surface area contributed by atoms with Crippen LogP contribution in [0.25, 0.3) is 0 Å². The number of hydroxylamine groups is 1. The summed E-state index contributed by atoms with van der Waals surface area (Å²) >= 11 is 0. The Morgan fingerprint density at radius 2 is 1.48 bits per heavy atom. The minimum atomic E-state index is -0.369. The van der Waals surface area contributed by atoms with Crippen LogP contribution < -0.4 is 16.1 Å². The van der Waals surface area contributed by atoms with E-state index in [-0.39, 0.29) is 11.8 Å². The molecule has 0 saturated carbocycles. The van der Waals surface area contributed by atoms with Gasteiger partial charge in [0.25, 0.3) is 5.91 Å². The zero-order valence-corrected chi connectivity index (χ0v) is 22.6. The lowest BCUT2D eigenvalue weighted by atomic mass is 10.1. The van der Waals surface area contributed by atoms with Crippen LogP contribution in [0.15, 0.2) is 60.9 Å². The van der Waals surface area contributed by atoms with E-state index in [0.717, 1.165) is 47.5 Å². The number of amides is 2. The highest BCUT2D eigenvalue weighted by Crippen LogP contribution is 2.12. The molecule has 0 radical (unpaired) electrons. The summed E-state index contributed by atoms with van der Waals surface area (Å²) in [4.78, 5) is 23.3. The monoisotopic (exact) mass is 545 g/mol. The van der Waals surface area contributed by atoms with E-state index in [1.807, 2.05) is 40.8 Å². The fourth-order valence-corrected chi connectivity index (χ4v) is 4.15. The number of hydrogen-bond donors (Lipinski definition) is 4. The zero-order valence-electron chi connectivity index (χ0n) is 22.6. The van der Waals surface area contributed by atoms with Crippen LogP contribution in [0.3, 0.4) is 0 Å². The Morgan fingerprint density at radius 1 is 0.825 bits per heavy atom. The number of carbonyl (C=O) groups is 2. The normalized spacial score (nSPS) is 10.8. The smallest absolute Gasteiger partial charge is 0.251 e. The largest absolute Gasteiger partial charge is 0.379 e. The van der Waals surface area contributed by atoms with Crippen LogP contribution in [-0.2, 0) is 24.4 Å². The second-order valence-electron chi connectivity index (χ2n) is 9.67. The SMILES string of the molecule is Cc1cn(Cc2ccc(Cn3cc(CNc4ccc(C(=O)NCCCCCCC(=O)NO)cc4)nn3)cc2)nn1. The number of nitrogens with one attached hydrogen (secondary N) is 3. The molecular weight excluding hydrogens is 510 g/mol. The first-order valence-electron chi connectivity index (χ1n) is 13.4. The lowest BCUT2D eigenvalue weighted by molar-refractivity contribution is -0.129. The Labute approximate surface area is 232 Å². The third-order valence-corrected chi connectivity index (χ3v) is 6.31. The number of benzene rings is 2. The number of nitrogens with zero attached hydrogens (tertiary/aromatic N) is 6. The van der Waals surface area contributed by atoms with E-state index in [9.17, 15) is 9.59 Å². The van der Waals surface area contributed by atoms with E-state index in [1.165, 1.54) is 0 Å². The van der Waals surface area contributed by atoms with E-state index in [2.05, 4.69) is 55.5 Å². The van der Waals surface area contributed by atoms with Crippen LogP contribution in [0.1, 0.15) is 65.0 Å². The summed E-state index contributed by atoms with van der Waals surface area (Å²) in [5, 5.41) is 31.3. The van der Waals surface area contributed by atoms with Gasteiger partial charge in [-0.05, 0) is 55.2 Å². The van der Waals surface area contributed by atoms with Crippen LogP contribution >= 0.6 is 0 Å². The molecule has 12 heteroatoms. The average molecular weight is 546 g/mol. The van der Waals surface area contributed by atoms with E-state index < -0.39 is 0 Å². The number of rotatable bonds is 15. The predicted octanol–water partition coefficient (Wildman–Crippen LogP) is 3.07. The third-order valence-electron chi connectivity index (χ3n) is 6.31. The molecule has 0 fully saturated rings. The minimum absolute atomic E-state index is 0.115. The average Bonchev–Trinajstić information content (AvgIpc) is 3.60. The van der Waals surface area contributed by atoms with Crippen LogP contribution in [0.4, 0.5) is 5.69 Å². The summed E-state index contributed by atoms with van der Waals surface area (Å²) in [7, 11) is 0. The number of aryl methyl sites for hydroxylation is 1. The second-order valence-corrected chi connectivity index (χ2v) is 9.67. The van der Waals surface area contributed by atoms with Gasteiger partial charge in [-0.2, -0.15) is 0 Å². The molecule has 4 N–H and O–H groups in total. The molecule has 2 aromatic heterocycles. The Balaban J connectivity index is 1.15. The molecule has 0 aliphatic rings. The lowest BCUT2D eigenvalue weighted by Crippen LogP contribution is -2.24. The van der Waals surface area contributed by atoms with Gasteiger partial charge in [-0.3, -0.25) is 14.8 Å². The molecule has 0 bridgehead atoms. The Morgan fingerprint density at radius 3 is 2.12 bits per heavy atom. The first kappa shape index (κ1) is 28.4. The van der Waals surface area contributed by atoms with Gasteiger partial charge in [0.15, 0.2) is 0 Å². The Hall–Kier alpha value is -4.58. The van der Waals surface area contributed by atoms with Gasteiger partial charge in [0, 0.05) is 30.4 Å². The molecular formula is C28H35N9O3. The summed E-state index contributed by atoms with van der Waals surface area (Å²) in [6, 6.07) is 15.6. The van der Waals surface area contributed by atoms with Crippen molar-refractivity contribution in [3.8, 4) is 0 Å². The first-order valence-corrected chi connectivity index (χ1v) is 13.4. The highest BCUT2D eigenvalue weighted by Gasteiger charge is 2.07. The molecule has 0 aliphatic heterocycles. The van der Waals surface area contributed by atoms with Crippen molar-refractivity contribution in [3.05, 3.63) is 89.0 Å². The van der Waals surface area contributed by atoms with E-state index in [4.69, 9.17) is 5.21 Å². The van der Waals surface area contributed by atoms with Crippen molar-refractivity contribution >= 4 is 17.5 Å². The van der Waals surface area contributed by atoms with Crippen LogP contribution in [0.2, 0.25) is 0 Å². The van der Waals surface area contributed by atoms with Gasteiger partial charge in [-0.1, -0.05) is 47.5 Å². The van der Waals surface area contributed by atoms with Crippen molar-refractivity contribution in [1.82, 2.24) is 40.8 Å². The Kier molecular flexibility index (Phi) is 10.3. The maximum Gasteiger partial charge on any atom is 0.251 e. The molecule has 0 unspecified atom stereocenters. The van der Waals surface area contributed by atoms with E-state index >= 15 is 0 Å². The van der Waals surface area contributed by atoms with Crippen molar-refractivity contribution in [2.45, 2.75) is 58.7 Å². The second kappa shape index (κ2) is 14.5. The van der Waals surface area contributed by atoms with Crippen LogP contribution in [0, 0.1) is 6.92 Å². The number of carbonyl (C=O) groups excluding carboxylic acids is 2. The van der Waals surface area contributed by atoms with Crippen molar-refractivity contribution in [2.75, 3.05) is 11.9 Å². The van der Waals surface area contributed by atoms with Crippen molar-refractivity contribution in [1.29, 1.82) is 0 Å². The maximum atomic E-state index is 12.4. The summed E-state index contributed by atoms with van der Waals surface area (Å²) in [6.07, 6.45) is 7.47. The number of unbranched alkanes of at least 4 members (excludes halogenated alkanes) is 3. The molecule has 0 saturated heterocycles. The van der Waals surface area contributed by atoms with E-state index in [0.29, 0.717) is 44.6 Å². The molecule has 210 valence electrons. The van der Waals surface area contributed by atoms with Gasteiger partial charge >= 0.3 is 0 Å². The van der Waals surface area contributed by atoms with Crippen LogP contribution in [0.5, 0.6) is 0 Å². The fraction of sp³-hybridized carbons (Fsp3) is 0.357.